The van der Waals surface area contributed by atoms with Crippen LogP contribution in [0.15, 0.2) is 93.8 Å². The van der Waals surface area contributed by atoms with Crippen molar-refractivity contribution in [3.05, 3.63) is 93.9 Å². The van der Waals surface area contributed by atoms with Crippen LogP contribution < -0.4 is 14.2 Å². The van der Waals surface area contributed by atoms with Gasteiger partial charge in [-0.25, -0.2) is 8.42 Å². The molecular formula is C23H19Cl3N2O4S. The lowest BCUT2D eigenvalue weighted by atomic mass is 10.2. The van der Waals surface area contributed by atoms with Crippen LogP contribution in [-0.4, -0.2) is 20.5 Å². The van der Waals surface area contributed by atoms with E-state index in [0.717, 1.165) is 10.9 Å². The highest BCUT2D eigenvalue weighted by atomic mass is 35.5. The first-order valence-electron chi connectivity index (χ1n) is 9.42. The Morgan fingerprint density at radius 3 is 2.58 bits per heavy atom. The molecule has 2 aromatic carbocycles. The van der Waals surface area contributed by atoms with E-state index < -0.39 is 10.0 Å². The van der Waals surface area contributed by atoms with Crippen LogP contribution in [0.4, 0.5) is 0 Å². The molecule has 0 fully saturated rings. The summed E-state index contributed by atoms with van der Waals surface area (Å²) in [7, 11) is -2.63. The number of halogens is 3. The Balaban J connectivity index is 1.89. The lowest BCUT2D eigenvalue weighted by Gasteiger charge is -2.13. The fourth-order valence-electron chi connectivity index (χ4n) is 2.87. The Kier molecular flexibility index (Phi) is 7.92. The van der Waals surface area contributed by atoms with E-state index in [1.54, 1.807) is 6.07 Å². The van der Waals surface area contributed by atoms with Gasteiger partial charge in [-0.3, -0.25) is 9.71 Å². The maximum absolute atomic E-state index is 12.8. The highest BCUT2D eigenvalue weighted by Crippen LogP contribution is 2.29. The number of rotatable bonds is 8. The summed E-state index contributed by atoms with van der Waals surface area (Å²) in [6.45, 7) is 5.20. The molecule has 0 atom stereocenters. The molecule has 0 aliphatic heterocycles. The maximum Gasteiger partial charge on any atom is 0.265 e. The van der Waals surface area contributed by atoms with E-state index in [4.69, 9.17) is 44.3 Å². The Bertz CT molecular complexity index is 1390. The van der Waals surface area contributed by atoms with E-state index in [1.807, 2.05) is 24.3 Å². The number of sulfonamides is 1. The van der Waals surface area contributed by atoms with Gasteiger partial charge in [0.25, 0.3) is 10.0 Å². The van der Waals surface area contributed by atoms with Gasteiger partial charge in [0.2, 0.25) is 0 Å². The molecule has 3 aromatic rings. The fourth-order valence-corrected chi connectivity index (χ4v) is 4.79. The number of benzene rings is 2. The smallest absolute Gasteiger partial charge is 0.265 e. The topological polar surface area (TPSA) is 77.5 Å². The van der Waals surface area contributed by atoms with Gasteiger partial charge in [-0.15, -0.1) is 0 Å². The standard InChI is InChI=1S/C23H19Cl3N2O4S/c1-14(28-33(29,30)22-9-8-17(25)12-21(22)31-3)10-19(26)23(15(2)24)32-18-11-16-6-4-5-7-20(16)27-13-18/h4-13,28H,2H2,1,3H3/b14-10+,23-19-. The molecular weight excluding hydrogens is 507 g/mol. The lowest BCUT2D eigenvalue weighted by Crippen LogP contribution is -2.22. The summed E-state index contributed by atoms with van der Waals surface area (Å²) >= 11 is 18.4. The third kappa shape index (κ3) is 6.21. The molecule has 0 saturated heterocycles. The van der Waals surface area contributed by atoms with Crippen LogP contribution >= 0.6 is 34.8 Å². The molecule has 0 spiro atoms. The predicted molar refractivity (Wildman–Crippen MR) is 132 cm³/mol. The van der Waals surface area contributed by atoms with Crippen LogP contribution in [0.25, 0.3) is 10.9 Å². The SMILES string of the molecule is C=C(Cl)/C(Oc1cnc2ccccc2c1)=C(Cl)\C=C(/C)NS(=O)(=O)c1ccc(Cl)cc1OC. The second-order valence-electron chi connectivity index (χ2n) is 6.78. The van der Waals surface area contributed by atoms with Crippen molar-refractivity contribution >= 4 is 55.7 Å². The summed E-state index contributed by atoms with van der Waals surface area (Å²) in [6.07, 6.45) is 2.89. The molecule has 33 heavy (non-hydrogen) atoms. The molecule has 0 aliphatic rings. The van der Waals surface area contributed by atoms with Crippen LogP contribution in [0.5, 0.6) is 11.5 Å². The van der Waals surface area contributed by atoms with E-state index in [2.05, 4.69) is 16.3 Å². The zero-order chi connectivity index (χ0) is 24.2. The second-order valence-corrected chi connectivity index (χ2v) is 9.73. The van der Waals surface area contributed by atoms with E-state index in [1.165, 1.54) is 44.5 Å². The number of methoxy groups -OCH3 is 1. The second kappa shape index (κ2) is 10.5. The molecule has 1 N–H and O–H groups in total. The molecule has 0 unspecified atom stereocenters. The molecule has 3 rings (SSSR count). The summed E-state index contributed by atoms with van der Waals surface area (Å²) in [5.41, 5.74) is 1.00. The zero-order valence-corrected chi connectivity index (χ0v) is 20.7. The van der Waals surface area contributed by atoms with Crippen LogP contribution in [0.3, 0.4) is 0 Å². The summed E-state index contributed by atoms with van der Waals surface area (Å²) in [5.74, 6) is 0.547. The fraction of sp³-hybridized carbons (Fsp3) is 0.0870. The maximum atomic E-state index is 12.8. The van der Waals surface area contributed by atoms with Crippen molar-refractivity contribution in [1.82, 2.24) is 9.71 Å². The number of aromatic nitrogens is 1. The van der Waals surface area contributed by atoms with Crippen LogP contribution in [0.1, 0.15) is 6.92 Å². The molecule has 0 bridgehead atoms. The van der Waals surface area contributed by atoms with E-state index >= 15 is 0 Å². The molecule has 172 valence electrons. The zero-order valence-electron chi connectivity index (χ0n) is 17.6. The van der Waals surface area contributed by atoms with Crippen molar-refractivity contribution in [3.8, 4) is 11.5 Å². The van der Waals surface area contributed by atoms with Crippen molar-refractivity contribution in [2.45, 2.75) is 11.8 Å². The van der Waals surface area contributed by atoms with Crippen molar-refractivity contribution in [3.63, 3.8) is 0 Å². The van der Waals surface area contributed by atoms with Crippen molar-refractivity contribution in [1.29, 1.82) is 0 Å². The first-order chi connectivity index (χ1) is 15.6. The number of hydrogen-bond acceptors (Lipinski definition) is 5. The number of hydrogen-bond donors (Lipinski definition) is 1. The van der Waals surface area contributed by atoms with Crippen LogP contribution in [0, 0.1) is 0 Å². The molecule has 10 heteroatoms. The number of para-hydroxylation sites is 1. The minimum atomic E-state index is -3.98. The van der Waals surface area contributed by atoms with Crippen molar-refractivity contribution in [2.75, 3.05) is 7.11 Å². The largest absolute Gasteiger partial charge is 0.495 e. The van der Waals surface area contributed by atoms with Crippen molar-refractivity contribution in [2.24, 2.45) is 0 Å². The average Bonchev–Trinajstić information content (AvgIpc) is 2.76. The third-order valence-electron chi connectivity index (χ3n) is 4.30. The summed E-state index contributed by atoms with van der Waals surface area (Å²) in [5, 5.41) is 1.27. The molecule has 0 aliphatic carbocycles. The molecule has 0 radical (unpaired) electrons. The molecule has 6 nitrogen and oxygen atoms in total. The third-order valence-corrected chi connectivity index (χ3v) is 6.50. The molecule has 0 amide bonds. The Labute approximate surface area is 207 Å². The van der Waals surface area contributed by atoms with Crippen LogP contribution in [-0.2, 0) is 10.0 Å². The number of fused-ring (bicyclic) bond motifs is 1. The lowest BCUT2D eigenvalue weighted by molar-refractivity contribution is 0.402. The minimum absolute atomic E-state index is 0.0273. The first-order valence-corrected chi connectivity index (χ1v) is 12.0. The number of nitrogens with zero attached hydrogens (tertiary/aromatic N) is 1. The van der Waals surface area contributed by atoms with Gasteiger partial charge in [0.1, 0.15) is 16.4 Å². The van der Waals surface area contributed by atoms with Gasteiger partial charge in [-0.1, -0.05) is 59.6 Å². The number of nitrogens with one attached hydrogen (secondary N) is 1. The normalized spacial score (nSPS) is 12.8. The van der Waals surface area contributed by atoms with Gasteiger partial charge in [-0.05, 0) is 37.3 Å². The minimum Gasteiger partial charge on any atom is -0.495 e. The van der Waals surface area contributed by atoms with E-state index in [9.17, 15) is 8.42 Å². The van der Waals surface area contributed by atoms with Crippen LogP contribution in [0.2, 0.25) is 5.02 Å². The molecule has 1 aromatic heterocycles. The Morgan fingerprint density at radius 2 is 1.88 bits per heavy atom. The van der Waals surface area contributed by atoms with Gasteiger partial charge >= 0.3 is 0 Å². The summed E-state index contributed by atoms with van der Waals surface area (Å²) in [4.78, 5) is 4.25. The predicted octanol–water partition coefficient (Wildman–Crippen LogP) is 6.36. The number of ether oxygens (including phenoxy) is 2. The van der Waals surface area contributed by atoms with Gasteiger partial charge in [0.15, 0.2) is 5.76 Å². The van der Waals surface area contributed by atoms with Gasteiger partial charge in [0.05, 0.1) is 28.9 Å². The van der Waals surface area contributed by atoms with E-state index in [-0.39, 0.29) is 32.2 Å². The van der Waals surface area contributed by atoms with Crippen molar-refractivity contribution < 1.29 is 17.9 Å². The van der Waals surface area contributed by atoms with Gasteiger partial charge in [-0.2, -0.15) is 0 Å². The number of pyridine rings is 1. The highest BCUT2D eigenvalue weighted by molar-refractivity contribution is 7.89. The highest BCUT2D eigenvalue weighted by Gasteiger charge is 2.20. The summed E-state index contributed by atoms with van der Waals surface area (Å²) < 4.78 is 39.0. The summed E-state index contributed by atoms with van der Waals surface area (Å²) in [6, 6.07) is 13.5. The molecule has 0 saturated carbocycles. The Morgan fingerprint density at radius 1 is 1.15 bits per heavy atom. The van der Waals surface area contributed by atoms with Gasteiger partial charge in [0, 0.05) is 22.2 Å². The van der Waals surface area contributed by atoms with E-state index in [0.29, 0.717) is 10.8 Å². The van der Waals surface area contributed by atoms with Gasteiger partial charge < -0.3 is 9.47 Å². The Hall–Kier alpha value is -2.71. The monoisotopic (exact) mass is 524 g/mol. The number of allylic oxidation sites excluding steroid dienone is 4. The first kappa shape index (κ1) is 24.9. The molecule has 1 heterocycles. The average molecular weight is 526 g/mol. The quantitative estimate of drug-likeness (QED) is 0.273.